The quantitative estimate of drug-likeness (QED) is 0.137. The number of para-hydroxylation sites is 1. The van der Waals surface area contributed by atoms with Crippen LogP contribution in [0.3, 0.4) is 0 Å². The van der Waals surface area contributed by atoms with E-state index in [9.17, 15) is 0 Å². The summed E-state index contributed by atoms with van der Waals surface area (Å²) in [5, 5.41) is 10.9. The molecule has 0 unspecified atom stereocenters. The second-order valence-corrected chi connectivity index (χ2v) is 13.3. The lowest BCUT2D eigenvalue weighted by molar-refractivity contribution is 0.577. The summed E-state index contributed by atoms with van der Waals surface area (Å²) in [7, 11) is 0. The fourth-order valence-electron chi connectivity index (χ4n) is 8.10. The predicted molar refractivity (Wildman–Crippen MR) is 216 cm³/mol. The van der Waals surface area contributed by atoms with E-state index in [0.717, 1.165) is 77.6 Å². The van der Waals surface area contributed by atoms with Crippen LogP contribution in [0.1, 0.15) is 11.3 Å². The second-order valence-electron chi connectivity index (χ2n) is 13.3. The fraction of sp³-hybridized carbons (Fsp3) is 0.0204. The normalized spacial score (nSPS) is 12.0. The smallest absolute Gasteiger partial charge is 0.136 e. The van der Waals surface area contributed by atoms with E-state index in [1.54, 1.807) is 0 Å². The Morgan fingerprint density at radius 1 is 0.431 bits per heavy atom. The number of benzene rings is 8. The minimum Gasteiger partial charge on any atom is -0.461 e. The van der Waals surface area contributed by atoms with Gasteiger partial charge in [-0.1, -0.05) is 128 Å². The van der Waals surface area contributed by atoms with E-state index in [-0.39, 0.29) is 0 Å². The fourth-order valence-corrected chi connectivity index (χ4v) is 8.10. The molecular formula is C49H32O2. The molecule has 8 aromatic carbocycles. The largest absolute Gasteiger partial charge is 0.461 e. The summed E-state index contributed by atoms with van der Waals surface area (Å²) < 4.78 is 12.7. The first-order valence-electron chi connectivity index (χ1n) is 17.4. The molecule has 2 heteroatoms. The number of hydrogen-bond donors (Lipinski definition) is 0. The Morgan fingerprint density at radius 3 is 1.63 bits per heavy atom. The number of aryl methyl sites for hydroxylation is 1. The van der Waals surface area contributed by atoms with Crippen LogP contribution in [0.5, 0.6) is 0 Å². The highest BCUT2D eigenvalue weighted by atomic mass is 16.3. The molecule has 0 aliphatic rings. The molecule has 0 amide bonds. The molecule has 0 aliphatic heterocycles. The van der Waals surface area contributed by atoms with Gasteiger partial charge in [0.15, 0.2) is 0 Å². The molecule has 0 fully saturated rings. The summed E-state index contributed by atoms with van der Waals surface area (Å²) in [5.74, 6) is 0.884. The lowest BCUT2D eigenvalue weighted by atomic mass is 9.88. The summed E-state index contributed by atoms with van der Waals surface area (Å²) in [6.45, 7) is 5.94. The minimum atomic E-state index is 0.868. The molecule has 2 aromatic heterocycles. The maximum absolute atomic E-state index is 6.35. The Balaban J connectivity index is 1.29. The van der Waals surface area contributed by atoms with Crippen molar-refractivity contribution < 1.29 is 8.83 Å². The highest BCUT2D eigenvalue weighted by Gasteiger charge is 2.19. The molecule has 0 aliphatic carbocycles. The van der Waals surface area contributed by atoms with Crippen LogP contribution in [0.2, 0.25) is 0 Å². The van der Waals surface area contributed by atoms with Crippen molar-refractivity contribution >= 4 is 71.3 Å². The number of fused-ring (bicyclic) bond motifs is 10. The molecule has 10 aromatic rings. The van der Waals surface area contributed by atoms with Gasteiger partial charge < -0.3 is 8.83 Å². The summed E-state index contributed by atoms with van der Waals surface area (Å²) in [6, 6.07) is 52.5. The Bertz CT molecular complexity index is 3020. The molecule has 240 valence electrons. The SMILES string of the molecule is C=C/C=C\c1c(C)oc2cccc(-c3cc(-c4ccc5c6ccccc6c6ccccc6c5c4)cc(-c4cccc5oc6ccccc6c45)c3)c12. The molecule has 0 N–H and O–H groups in total. The highest BCUT2D eigenvalue weighted by molar-refractivity contribution is 6.26. The van der Waals surface area contributed by atoms with Crippen LogP contribution >= 0.6 is 0 Å². The molecule has 0 spiro atoms. The Morgan fingerprint density at radius 2 is 0.961 bits per heavy atom. The van der Waals surface area contributed by atoms with Gasteiger partial charge in [-0.05, 0) is 115 Å². The Labute approximate surface area is 295 Å². The van der Waals surface area contributed by atoms with Crippen molar-refractivity contribution in [2.75, 3.05) is 0 Å². The van der Waals surface area contributed by atoms with Crippen molar-refractivity contribution in [2.24, 2.45) is 0 Å². The van der Waals surface area contributed by atoms with Crippen LogP contribution in [-0.4, -0.2) is 0 Å². The lowest BCUT2D eigenvalue weighted by Gasteiger charge is -2.15. The maximum Gasteiger partial charge on any atom is 0.136 e. The number of furan rings is 2. The van der Waals surface area contributed by atoms with Gasteiger partial charge in [-0.15, -0.1) is 0 Å². The van der Waals surface area contributed by atoms with Gasteiger partial charge in [0.1, 0.15) is 22.5 Å². The first-order valence-corrected chi connectivity index (χ1v) is 17.4. The van der Waals surface area contributed by atoms with E-state index in [0.29, 0.717) is 0 Å². The van der Waals surface area contributed by atoms with Crippen molar-refractivity contribution in [3.05, 3.63) is 176 Å². The molecule has 0 saturated heterocycles. The van der Waals surface area contributed by atoms with Gasteiger partial charge in [-0.3, -0.25) is 0 Å². The van der Waals surface area contributed by atoms with Crippen molar-refractivity contribution in [2.45, 2.75) is 6.92 Å². The van der Waals surface area contributed by atoms with Crippen LogP contribution in [0.15, 0.2) is 173 Å². The molecule has 0 atom stereocenters. The molecule has 2 heterocycles. The first kappa shape index (κ1) is 29.3. The zero-order valence-electron chi connectivity index (χ0n) is 28.1. The molecular weight excluding hydrogens is 621 g/mol. The van der Waals surface area contributed by atoms with Crippen LogP contribution in [0, 0.1) is 6.92 Å². The third kappa shape index (κ3) is 4.57. The Kier molecular flexibility index (Phi) is 6.59. The third-order valence-corrected chi connectivity index (χ3v) is 10.4. The predicted octanol–water partition coefficient (Wildman–Crippen LogP) is 14.3. The van der Waals surface area contributed by atoms with Crippen LogP contribution < -0.4 is 0 Å². The van der Waals surface area contributed by atoms with Gasteiger partial charge in [0.2, 0.25) is 0 Å². The number of rotatable bonds is 5. The molecule has 10 rings (SSSR count). The van der Waals surface area contributed by atoms with E-state index >= 15 is 0 Å². The van der Waals surface area contributed by atoms with Gasteiger partial charge in [0.25, 0.3) is 0 Å². The summed E-state index contributed by atoms with van der Waals surface area (Å²) in [6.07, 6.45) is 5.88. The van der Waals surface area contributed by atoms with E-state index in [4.69, 9.17) is 8.83 Å². The van der Waals surface area contributed by atoms with Crippen LogP contribution in [0.4, 0.5) is 0 Å². The second kappa shape index (κ2) is 11.5. The van der Waals surface area contributed by atoms with Crippen molar-refractivity contribution in [3.8, 4) is 33.4 Å². The molecule has 0 radical (unpaired) electrons. The average Bonchev–Trinajstić information content (AvgIpc) is 3.73. The zero-order valence-corrected chi connectivity index (χ0v) is 28.1. The summed E-state index contributed by atoms with van der Waals surface area (Å²) in [4.78, 5) is 0. The van der Waals surface area contributed by atoms with Gasteiger partial charge in [-0.2, -0.15) is 0 Å². The maximum atomic E-state index is 6.35. The van der Waals surface area contributed by atoms with E-state index in [2.05, 4.69) is 146 Å². The zero-order chi connectivity index (χ0) is 34.1. The van der Waals surface area contributed by atoms with E-state index < -0.39 is 0 Å². The highest BCUT2D eigenvalue weighted by Crippen LogP contribution is 2.43. The summed E-state index contributed by atoms with van der Waals surface area (Å²) >= 11 is 0. The Hall–Kier alpha value is -6.64. The lowest BCUT2D eigenvalue weighted by Crippen LogP contribution is -1.89. The average molecular weight is 653 g/mol. The molecule has 0 bridgehead atoms. The monoisotopic (exact) mass is 652 g/mol. The van der Waals surface area contributed by atoms with Gasteiger partial charge in [0, 0.05) is 21.7 Å². The van der Waals surface area contributed by atoms with Crippen molar-refractivity contribution in [3.63, 3.8) is 0 Å². The first-order chi connectivity index (χ1) is 25.2. The van der Waals surface area contributed by atoms with Gasteiger partial charge >= 0.3 is 0 Å². The van der Waals surface area contributed by atoms with Gasteiger partial charge in [0.05, 0.1) is 0 Å². The van der Waals surface area contributed by atoms with E-state index in [1.807, 2.05) is 31.2 Å². The number of hydrogen-bond acceptors (Lipinski definition) is 2. The standard InChI is InChI=1S/C49H32O2/c1-3-4-13-35-30(2)50-46-22-11-19-36(48(35)46)33-26-32(27-34(28-33)37-20-12-23-47-49(37)43-18-9-10-21-45(43)51-47)31-24-25-42-40-16-6-5-14-38(40)39-15-7-8-17-41(39)44(42)29-31/h3-29H,1H2,2H3/b13-4-. The molecule has 2 nitrogen and oxygen atoms in total. The molecule has 0 saturated carbocycles. The third-order valence-electron chi connectivity index (χ3n) is 10.4. The van der Waals surface area contributed by atoms with Crippen molar-refractivity contribution in [1.29, 1.82) is 0 Å². The van der Waals surface area contributed by atoms with Crippen molar-refractivity contribution in [1.82, 2.24) is 0 Å². The topological polar surface area (TPSA) is 26.3 Å². The van der Waals surface area contributed by atoms with Crippen LogP contribution in [-0.2, 0) is 0 Å². The summed E-state index contributed by atoms with van der Waals surface area (Å²) in [5.41, 5.74) is 10.5. The van der Waals surface area contributed by atoms with E-state index in [1.165, 1.54) is 32.3 Å². The number of allylic oxidation sites excluding steroid dienone is 2. The van der Waals surface area contributed by atoms with Gasteiger partial charge in [-0.25, -0.2) is 0 Å². The van der Waals surface area contributed by atoms with Crippen LogP contribution in [0.25, 0.3) is 105 Å². The molecule has 51 heavy (non-hydrogen) atoms. The minimum absolute atomic E-state index is 0.868.